The van der Waals surface area contributed by atoms with E-state index in [2.05, 4.69) is 0 Å². The first kappa shape index (κ1) is 8.68. The van der Waals surface area contributed by atoms with Crippen LogP contribution in [0.1, 0.15) is 20.8 Å². The minimum atomic E-state index is -1.24. The summed E-state index contributed by atoms with van der Waals surface area (Å²) in [5.41, 5.74) is -1.24. The lowest BCUT2D eigenvalue weighted by atomic mass is 9.68. The van der Waals surface area contributed by atoms with Crippen molar-refractivity contribution >= 4 is 5.78 Å². The number of Topliss-reactive ketones (excluding diaryl/α,β-unsaturated/α-hetero) is 1. The third-order valence-electron chi connectivity index (χ3n) is 2.27. The zero-order chi connectivity index (χ0) is 8.65. The molecule has 0 aromatic carbocycles. The summed E-state index contributed by atoms with van der Waals surface area (Å²) < 4.78 is 5.20. The van der Waals surface area contributed by atoms with Crippen LogP contribution in [0.4, 0.5) is 0 Å². The lowest BCUT2D eigenvalue weighted by molar-refractivity contribution is -0.196. The number of ketones is 1. The second-order valence-corrected chi connectivity index (χ2v) is 3.18. The lowest BCUT2D eigenvalue weighted by Crippen LogP contribution is -2.65. The smallest absolute Gasteiger partial charge is 0.172 e. The molecule has 0 spiro atoms. The van der Waals surface area contributed by atoms with E-state index in [1.165, 1.54) is 6.92 Å². The standard InChI is InChI=1S/C8H14O3/c1-4-11-7-5(2)6(9)8(7,3)10/h5,7,10H,4H2,1-3H3. The average Bonchev–Trinajstić information content (AvgIpc) is 1.98. The maximum absolute atomic E-state index is 11.0. The molecule has 1 fully saturated rings. The summed E-state index contributed by atoms with van der Waals surface area (Å²) in [5, 5.41) is 9.47. The molecule has 0 amide bonds. The van der Waals surface area contributed by atoms with E-state index in [-0.39, 0.29) is 17.8 Å². The summed E-state index contributed by atoms with van der Waals surface area (Å²) >= 11 is 0. The van der Waals surface area contributed by atoms with Crippen molar-refractivity contribution in [2.24, 2.45) is 5.92 Å². The molecule has 1 aliphatic rings. The fourth-order valence-electron chi connectivity index (χ4n) is 1.62. The number of hydrogen-bond acceptors (Lipinski definition) is 3. The van der Waals surface area contributed by atoms with Crippen LogP contribution >= 0.6 is 0 Å². The highest BCUT2D eigenvalue weighted by molar-refractivity contribution is 5.96. The van der Waals surface area contributed by atoms with Crippen molar-refractivity contribution in [2.75, 3.05) is 6.61 Å². The summed E-state index contributed by atoms with van der Waals surface area (Å²) in [6.45, 7) is 5.68. The van der Waals surface area contributed by atoms with E-state index in [4.69, 9.17) is 4.74 Å². The molecular formula is C8H14O3. The zero-order valence-electron chi connectivity index (χ0n) is 7.13. The van der Waals surface area contributed by atoms with E-state index in [9.17, 15) is 9.90 Å². The number of rotatable bonds is 2. The van der Waals surface area contributed by atoms with Crippen LogP contribution in [0.3, 0.4) is 0 Å². The monoisotopic (exact) mass is 158 g/mol. The van der Waals surface area contributed by atoms with Crippen LogP contribution < -0.4 is 0 Å². The van der Waals surface area contributed by atoms with Crippen molar-refractivity contribution in [2.45, 2.75) is 32.5 Å². The third-order valence-corrected chi connectivity index (χ3v) is 2.27. The predicted octanol–water partition coefficient (Wildman–Crippen LogP) is 0.361. The van der Waals surface area contributed by atoms with Gasteiger partial charge < -0.3 is 9.84 Å². The van der Waals surface area contributed by atoms with Crippen LogP contribution in [0.2, 0.25) is 0 Å². The third kappa shape index (κ3) is 1.08. The van der Waals surface area contributed by atoms with E-state index in [0.29, 0.717) is 6.61 Å². The van der Waals surface area contributed by atoms with Gasteiger partial charge in [0.25, 0.3) is 0 Å². The predicted molar refractivity (Wildman–Crippen MR) is 40.2 cm³/mol. The first-order valence-electron chi connectivity index (χ1n) is 3.90. The molecule has 0 heterocycles. The Balaban J connectivity index is 2.61. The molecule has 1 aliphatic carbocycles. The van der Waals surface area contributed by atoms with E-state index < -0.39 is 5.60 Å². The van der Waals surface area contributed by atoms with Crippen molar-refractivity contribution < 1.29 is 14.6 Å². The maximum atomic E-state index is 11.0. The normalized spacial score (nSPS) is 43.8. The van der Waals surface area contributed by atoms with E-state index in [0.717, 1.165) is 0 Å². The quantitative estimate of drug-likeness (QED) is 0.631. The van der Waals surface area contributed by atoms with E-state index >= 15 is 0 Å². The van der Waals surface area contributed by atoms with Crippen LogP contribution in [-0.4, -0.2) is 29.2 Å². The maximum Gasteiger partial charge on any atom is 0.172 e. The zero-order valence-corrected chi connectivity index (χ0v) is 7.13. The summed E-state index contributed by atoms with van der Waals surface area (Å²) in [4.78, 5) is 11.0. The molecule has 3 unspecified atom stereocenters. The Morgan fingerprint density at radius 2 is 2.27 bits per heavy atom. The molecule has 0 radical (unpaired) electrons. The molecule has 0 aliphatic heterocycles. The van der Waals surface area contributed by atoms with Gasteiger partial charge in [0.15, 0.2) is 5.78 Å². The topological polar surface area (TPSA) is 46.5 Å². The van der Waals surface area contributed by atoms with Gasteiger partial charge in [0.05, 0.1) is 0 Å². The van der Waals surface area contributed by atoms with Crippen LogP contribution in [0, 0.1) is 5.92 Å². The molecule has 1 N–H and O–H groups in total. The van der Waals surface area contributed by atoms with Crippen LogP contribution in [0.25, 0.3) is 0 Å². The van der Waals surface area contributed by atoms with Gasteiger partial charge >= 0.3 is 0 Å². The Bertz CT molecular complexity index is 174. The Morgan fingerprint density at radius 3 is 2.64 bits per heavy atom. The molecule has 3 nitrogen and oxygen atoms in total. The van der Waals surface area contributed by atoms with Gasteiger partial charge in [-0.05, 0) is 13.8 Å². The fourth-order valence-corrected chi connectivity index (χ4v) is 1.62. The molecule has 1 rings (SSSR count). The van der Waals surface area contributed by atoms with Crippen molar-refractivity contribution in [1.82, 2.24) is 0 Å². The lowest BCUT2D eigenvalue weighted by Gasteiger charge is -2.45. The van der Waals surface area contributed by atoms with Crippen molar-refractivity contribution in [3.63, 3.8) is 0 Å². The Morgan fingerprint density at radius 1 is 1.73 bits per heavy atom. The molecule has 0 bridgehead atoms. The largest absolute Gasteiger partial charge is 0.380 e. The fraction of sp³-hybridized carbons (Fsp3) is 0.875. The van der Waals surface area contributed by atoms with Crippen molar-refractivity contribution in [3.05, 3.63) is 0 Å². The van der Waals surface area contributed by atoms with Crippen LogP contribution in [0.5, 0.6) is 0 Å². The summed E-state index contributed by atoms with van der Waals surface area (Å²) in [7, 11) is 0. The highest BCUT2D eigenvalue weighted by atomic mass is 16.5. The first-order chi connectivity index (χ1) is 5.01. The molecule has 11 heavy (non-hydrogen) atoms. The minimum absolute atomic E-state index is 0.115. The van der Waals surface area contributed by atoms with E-state index in [1.807, 2.05) is 6.92 Å². The van der Waals surface area contributed by atoms with Gasteiger partial charge in [0.2, 0.25) is 0 Å². The van der Waals surface area contributed by atoms with Crippen molar-refractivity contribution in [1.29, 1.82) is 0 Å². The van der Waals surface area contributed by atoms with Gasteiger partial charge in [-0.25, -0.2) is 0 Å². The summed E-state index contributed by atoms with van der Waals surface area (Å²) in [6, 6.07) is 0. The first-order valence-corrected chi connectivity index (χ1v) is 3.90. The van der Waals surface area contributed by atoms with Crippen LogP contribution in [-0.2, 0) is 9.53 Å². The second kappa shape index (κ2) is 2.57. The minimum Gasteiger partial charge on any atom is -0.380 e. The number of ether oxygens (including phenoxy) is 1. The summed E-state index contributed by atoms with van der Waals surface area (Å²) in [6.07, 6.45) is -0.306. The Kier molecular flexibility index (Phi) is 2.03. The number of aliphatic hydroxyl groups is 1. The molecule has 3 heteroatoms. The van der Waals surface area contributed by atoms with Crippen molar-refractivity contribution in [3.8, 4) is 0 Å². The molecule has 3 atom stereocenters. The Labute approximate surface area is 66.4 Å². The highest BCUT2D eigenvalue weighted by Gasteiger charge is 2.56. The van der Waals surface area contributed by atoms with Gasteiger partial charge in [0, 0.05) is 12.5 Å². The Hall–Kier alpha value is -0.410. The molecule has 64 valence electrons. The second-order valence-electron chi connectivity index (χ2n) is 3.18. The van der Waals surface area contributed by atoms with Gasteiger partial charge in [-0.2, -0.15) is 0 Å². The average molecular weight is 158 g/mol. The molecule has 1 saturated carbocycles. The molecule has 0 saturated heterocycles. The molecule has 0 aromatic heterocycles. The number of carbonyl (C=O) groups excluding carboxylic acids is 1. The number of hydrogen-bond donors (Lipinski definition) is 1. The molecule has 0 aromatic rings. The number of carbonyl (C=O) groups is 1. The molecular weight excluding hydrogens is 144 g/mol. The SMILES string of the molecule is CCOC1C(C)C(=O)C1(C)O. The summed E-state index contributed by atoms with van der Waals surface area (Å²) in [5.74, 6) is -0.263. The van der Waals surface area contributed by atoms with E-state index in [1.54, 1.807) is 6.92 Å². The van der Waals surface area contributed by atoms with Gasteiger partial charge in [-0.15, -0.1) is 0 Å². The van der Waals surface area contributed by atoms with Gasteiger partial charge in [-0.1, -0.05) is 6.92 Å². The van der Waals surface area contributed by atoms with Gasteiger partial charge in [0.1, 0.15) is 11.7 Å². The van der Waals surface area contributed by atoms with Crippen LogP contribution in [0.15, 0.2) is 0 Å². The van der Waals surface area contributed by atoms with Gasteiger partial charge in [-0.3, -0.25) is 4.79 Å². The highest BCUT2D eigenvalue weighted by Crippen LogP contribution is 2.35.